The van der Waals surface area contributed by atoms with Crippen LogP contribution in [0, 0.1) is 0 Å². The molecule has 0 aliphatic heterocycles. The van der Waals surface area contributed by atoms with Gasteiger partial charge in [0.1, 0.15) is 6.61 Å². The first-order valence-electron chi connectivity index (χ1n) is 5.58. The van der Waals surface area contributed by atoms with Gasteiger partial charge in [-0.15, -0.1) is 0 Å². The standard InChI is InChI=1S/C12H20N2O/c1-4-6-12(3,5-2)10-7-13-11(9-15)14-8-10/h7-8,15H,4-6,9H2,1-3H3. The van der Waals surface area contributed by atoms with Crippen LogP contribution >= 0.6 is 0 Å². The van der Waals surface area contributed by atoms with Crippen LogP contribution in [0.25, 0.3) is 0 Å². The largest absolute Gasteiger partial charge is 0.388 e. The first kappa shape index (κ1) is 12.1. The Morgan fingerprint density at radius 1 is 1.27 bits per heavy atom. The highest BCUT2D eigenvalue weighted by atomic mass is 16.3. The lowest BCUT2D eigenvalue weighted by Crippen LogP contribution is -2.21. The van der Waals surface area contributed by atoms with Crippen molar-refractivity contribution in [2.24, 2.45) is 0 Å². The third kappa shape index (κ3) is 2.75. The van der Waals surface area contributed by atoms with E-state index in [4.69, 9.17) is 5.11 Å². The van der Waals surface area contributed by atoms with E-state index >= 15 is 0 Å². The van der Waals surface area contributed by atoms with Crippen molar-refractivity contribution in [3.63, 3.8) is 0 Å². The summed E-state index contributed by atoms with van der Waals surface area (Å²) in [7, 11) is 0. The molecule has 1 rings (SSSR count). The minimum atomic E-state index is -0.0864. The molecule has 3 heteroatoms. The van der Waals surface area contributed by atoms with Crippen LogP contribution in [-0.4, -0.2) is 15.1 Å². The van der Waals surface area contributed by atoms with Crippen molar-refractivity contribution in [2.45, 2.75) is 52.1 Å². The summed E-state index contributed by atoms with van der Waals surface area (Å²) in [5.74, 6) is 0.494. The Kier molecular flexibility index (Phi) is 4.21. The molecule has 1 heterocycles. The predicted molar refractivity (Wildman–Crippen MR) is 60.5 cm³/mol. The second kappa shape index (κ2) is 5.21. The number of aromatic nitrogens is 2. The summed E-state index contributed by atoms with van der Waals surface area (Å²) in [6.45, 7) is 6.54. The molecule has 0 saturated carbocycles. The zero-order chi connectivity index (χ0) is 11.3. The summed E-state index contributed by atoms with van der Waals surface area (Å²) in [5.41, 5.74) is 1.34. The van der Waals surface area contributed by atoms with Crippen LogP contribution in [0.15, 0.2) is 12.4 Å². The predicted octanol–water partition coefficient (Wildman–Crippen LogP) is 2.44. The Labute approximate surface area is 91.6 Å². The molecule has 1 atom stereocenters. The molecular formula is C12H20N2O. The third-order valence-corrected chi connectivity index (χ3v) is 3.13. The number of aliphatic hydroxyl groups is 1. The zero-order valence-electron chi connectivity index (χ0n) is 9.82. The quantitative estimate of drug-likeness (QED) is 0.808. The van der Waals surface area contributed by atoms with Crippen molar-refractivity contribution >= 4 is 0 Å². The lowest BCUT2D eigenvalue weighted by Gasteiger charge is -2.27. The van der Waals surface area contributed by atoms with Crippen molar-refractivity contribution in [1.82, 2.24) is 9.97 Å². The zero-order valence-corrected chi connectivity index (χ0v) is 9.82. The van der Waals surface area contributed by atoms with E-state index in [9.17, 15) is 0 Å². The smallest absolute Gasteiger partial charge is 0.153 e. The second-order valence-corrected chi connectivity index (χ2v) is 4.21. The van der Waals surface area contributed by atoms with Crippen molar-refractivity contribution in [3.05, 3.63) is 23.8 Å². The molecule has 0 fully saturated rings. The number of nitrogens with zero attached hydrogens (tertiary/aromatic N) is 2. The van der Waals surface area contributed by atoms with Gasteiger partial charge in [-0.3, -0.25) is 0 Å². The van der Waals surface area contributed by atoms with Gasteiger partial charge in [-0.2, -0.15) is 0 Å². The van der Waals surface area contributed by atoms with Crippen LogP contribution in [-0.2, 0) is 12.0 Å². The van der Waals surface area contributed by atoms with E-state index in [1.165, 1.54) is 5.56 Å². The van der Waals surface area contributed by atoms with Gasteiger partial charge in [-0.05, 0) is 23.8 Å². The first-order chi connectivity index (χ1) is 7.16. The lowest BCUT2D eigenvalue weighted by atomic mass is 9.78. The van der Waals surface area contributed by atoms with Gasteiger partial charge in [0.15, 0.2) is 5.82 Å². The number of aliphatic hydroxyl groups excluding tert-OH is 1. The van der Waals surface area contributed by atoms with Gasteiger partial charge in [0, 0.05) is 12.4 Å². The monoisotopic (exact) mass is 208 g/mol. The maximum atomic E-state index is 8.87. The summed E-state index contributed by atoms with van der Waals surface area (Å²) in [5, 5.41) is 8.87. The summed E-state index contributed by atoms with van der Waals surface area (Å²) in [6.07, 6.45) is 7.08. The highest BCUT2D eigenvalue weighted by Gasteiger charge is 2.24. The van der Waals surface area contributed by atoms with Gasteiger partial charge in [0.05, 0.1) is 0 Å². The fourth-order valence-electron chi connectivity index (χ4n) is 1.83. The maximum absolute atomic E-state index is 8.87. The minimum Gasteiger partial charge on any atom is -0.388 e. The van der Waals surface area contributed by atoms with E-state index in [0.29, 0.717) is 5.82 Å². The van der Waals surface area contributed by atoms with Crippen molar-refractivity contribution in [1.29, 1.82) is 0 Å². The van der Waals surface area contributed by atoms with E-state index in [-0.39, 0.29) is 12.0 Å². The molecule has 0 aliphatic carbocycles. The Morgan fingerprint density at radius 3 is 2.27 bits per heavy atom. The number of hydrogen-bond donors (Lipinski definition) is 1. The number of hydrogen-bond acceptors (Lipinski definition) is 3. The first-order valence-corrected chi connectivity index (χ1v) is 5.58. The molecule has 0 spiro atoms. The van der Waals surface area contributed by atoms with Crippen molar-refractivity contribution in [3.8, 4) is 0 Å². The van der Waals surface area contributed by atoms with Gasteiger partial charge >= 0.3 is 0 Å². The average molecular weight is 208 g/mol. The highest BCUT2D eigenvalue weighted by Crippen LogP contribution is 2.31. The molecule has 1 unspecified atom stereocenters. The van der Waals surface area contributed by atoms with Gasteiger partial charge < -0.3 is 5.11 Å². The van der Waals surface area contributed by atoms with E-state index in [2.05, 4.69) is 30.7 Å². The van der Waals surface area contributed by atoms with Crippen LogP contribution in [0.1, 0.15) is 51.4 Å². The molecule has 1 aromatic heterocycles. The summed E-state index contributed by atoms with van der Waals surface area (Å²) in [4.78, 5) is 8.26. The van der Waals surface area contributed by atoms with Gasteiger partial charge in [0.25, 0.3) is 0 Å². The summed E-state index contributed by atoms with van der Waals surface area (Å²) >= 11 is 0. The van der Waals surface area contributed by atoms with Gasteiger partial charge in [-0.1, -0.05) is 27.2 Å². The van der Waals surface area contributed by atoms with E-state index in [1.807, 2.05) is 12.4 Å². The molecule has 15 heavy (non-hydrogen) atoms. The summed E-state index contributed by atoms with van der Waals surface area (Å²) in [6, 6.07) is 0. The van der Waals surface area contributed by atoms with Crippen molar-refractivity contribution in [2.75, 3.05) is 0 Å². The molecule has 3 nitrogen and oxygen atoms in total. The van der Waals surface area contributed by atoms with Gasteiger partial charge in [0.2, 0.25) is 0 Å². The fraction of sp³-hybridized carbons (Fsp3) is 0.667. The van der Waals surface area contributed by atoms with E-state index < -0.39 is 0 Å². The topological polar surface area (TPSA) is 46.0 Å². The Balaban J connectivity index is 2.92. The molecule has 0 radical (unpaired) electrons. The summed E-state index contributed by atoms with van der Waals surface area (Å²) < 4.78 is 0. The average Bonchev–Trinajstić information content (AvgIpc) is 2.29. The SMILES string of the molecule is CCCC(C)(CC)c1cnc(CO)nc1. The fourth-order valence-corrected chi connectivity index (χ4v) is 1.83. The molecule has 0 aliphatic rings. The van der Waals surface area contributed by atoms with Crippen LogP contribution in [0.4, 0.5) is 0 Å². The third-order valence-electron chi connectivity index (χ3n) is 3.13. The normalized spacial score (nSPS) is 14.9. The highest BCUT2D eigenvalue weighted by molar-refractivity contribution is 5.17. The Morgan fingerprint density at radius 2 is 1.87 bits per heavy atom. The van der Waals surface area contributed by atoms with Gasteiger partial charge in [-0.25, -0.2) is 9.97 Å². The molecule has 1 N–H and O–H groups in total. The molecule has 0 bridgehead atoms. The lowest BCUT2D eigenvalue weighted by molar-refractivity contribution is 0.270. The minimum absolute atomic E-state index is 0.0864. The van der Waals surface area contributed by atoms with Crippen LogP contribution < -0.4 is 0 Å². The van der Waals surface area contributed by atoms with Crippen molar-refractivity contribution < 1.29 is 5.11 Å². The van der Waals surface area contributed by atoms with Crippen LogP contribution in [0.2, 0.25) is 0 Å². The van der Waals surface area contributed by atoms with E-state index in [1.54, 1.807) is 0 Å². The molecule has 84 valence electrons. The van der Waals surface area contributed by atoms with Crippen LogP contribution in [0.3, 0.4) is 0 Å². The van der Waals surface area contributed by atoms with Crippen LogP contribution in [0.5, 0.6) is 0 Å². The second-order valence-electron chi connectivity index (χ2n) is 4.21. The molecule has 0 saturated heterocycles. The van der Waals surface area contributed by atoms with E-state index in [0.717, 1.165) is 19.3 Å². The molecule has 1 aromatic rings. The molecule has 0 aromatic carbocycles. The molecule has 0 amide bonds. The maximum Gasteiger partial charge on any atom is 0.153 e. The molecular weight excluding hydrogens is 188 g/mol. The Hall–Kier alpha value is -0.960. The number of rotatable bonds is 5. The Bertz CT molecular complexity index is 297.